The Morgan fingerprint density at radius 2 is 0.727 bits per heavy atom. The number of hydrogen-bond acceptors (Lipinski definition) is 1. The van der Waals surface area contributed by atoms with Gasteiger partial charge in [-0.2, -0.15) is 0 Å². The largest absolute Gasteiger partial charge is 0.308 e. The number of fused-ring (bicyclic) bond motifs is 10. The molecule has 0 aliphatic carbocycles. The van der Waals surface area contributed by atoms with Gasteiger partial charge < -0.3 is 4.57 Å². The molecule has 2 heteroatoms. The van der Waals surface area contributed by atoms with Crippen molar-refractivity contribution in [2.24, 2.45) is 0 Å². The van der Waals surface area contributed by atoms with Crippen LogP contribution in [0.4, 0.5) is 0 Å². The molecular weight excluding hydrogens is 815 g/mol. The molecule has 0 radical (unpaired) electrons. The Bertz CT molecular complexity index is 4160. The summed E-state index contributed by atoms with van der Waals surface area (Å²) in [5, 5.41) is 15.1. The van der Waals surface area contributed by atoms with Gasteiger partial charge in [0.1, 0.15) is 0 Å². The van der Waals surface area contributed by atoms with Gasteiger partial charge in [0, 0.05) is 41.7 Å². The van der Waals surface area contributed by atoms with Crippen LogP contribution in [0.2, 0.25) is 0 Å². The molecular formula is C64H39NS. The molecule has 66 heavy (non-hydrogen) atoms. The van der Waals surface area contributed by atoms with Gasteiger partial charge in [0.2, 0.25) is 0 Å². The normalized spacial score (nSPS) is 11.9. The van der Waals surface area contributed by atoms with Gasteiger partial charge in [-0.1, -0.05) is 200 Å². The minimum Gasteiger partial charge on any atom is -0.308 e. The highest BCUT2D eigenvalue weighted by atomic mass is 32.1. The summed E-state index contributed by atoms with van der Waals surface area (Å²) in [6.45, 7) is 0. The van der Waals surface area contributed by atoms with Crippen molar-refractivity contribution < 1.29 is 0 Å². The third-order valence-corrected chi connectivity index (χ3v) is 15.1. The Balaban J connectivity index is 1.04. The summed E-state index contributed by atoms with van der Waals surface area (Å²) in [5.74, 6) is 0. The number of aromatic nitrogens is 1. The summed E-state index contributed by atoms with van der Waals surface area (Å²) < 4.78 is 5.11. The Morgan fingerprint density at radius 1 is 0.258 bits per heavy atom. The quantitative estimate of drug-likeness (QED) is 0.152. The minimum absolute atomic E-state index is 1.20. The number of hydrogen-bond donors (Lipinski definition) is 0. The average Bonchev–Trinajstić information content (AvgIpc) is 3.93. The van der Waals surface area contributed by atoms with E-state index in [0.29, 0.717) is 0 Å². The standard InChI is InChI=1S/C64H39NS/c1-3-18-40(19-4-1)42-34-36-57-54(38-42)44-22-15-16-32-56(44)65(57)64-51-29-13-11-27-49(51)62(50-28-12-14-30-52(50)64)53-31-17-33-59-63(53)55-39-43(35-37-58(55)66-59)61-47-25-9-7-23-45(47)60(41-20-5-2-6-21-41)46-24-8-10-26-48(46)61/h1-39H. The molecule has 0 unspecified atom stereocenters. The topological polar surface area (TPSA) is 4.93 Å². The van der Waals surface area contributed by atoms with Gasteiger partial charge in [-0.15, -0.1) is 11.3 Å². The zero-order valence-corrected chi connectivity index (χ0v) is 36.7. The second kappa shape index (κ2) is 14.6. The van der Waals surface area contributed by atoms with Crippen LogP contribution in [-0.4, -0.2) is 4.57 Å². The molecule has 0 atom stereocenters. The van der Waals surface area contributed by atoms with Gasteiger partial charge in [-0.3, -0.25) is 0 Å². The molecule has 0 aliphatic rings. The van der Waals surface area contributed by atoms with Crippen LogP contribution in [0, 0.1) is 0 Å². The molecule has 14 aromatic rings. The highest BCUT2D eigenvalue weighted by Crippen LogP contribution is 2.50. The fourth-order valence-electron chi connectivity index (χ4n) is 11.2. The zero-order chi connectivity index (χ0) is 43.3. The molecule has 2 heterocycles. The fraction of sp³-hybridized carbons (Fsp3) is 0. The molecule has 12 aromatic carbocycles. The Kier molecular flexibility index (Phi) is 8.22. The van der Waals surface area contributed by atoms with Crippen molar-refractivity contribution in [1.29, 1.82) is 0 Å². The second-order valence-corrected chi connectivity index (χ2v) is 18.5. The van der Waals surface area contributed by atoms with E-state index in [9.17, 15) is 0 Å². The van der Waals surface area contributed by atoms with E-state index in [1.54, 1.807) is 0 Å². The van der Waals surface area contributed by atoms with Crippen LogP contribution in [-0.2, 0) is 0 Å². The van der Waals surface area contributed by atoms with Crippen LogP contribution in [0.3, 0.4) is 0 Å². The zero-order valence-electron chi connectivity index (χ0n) is 35.9. The predicted octanol–water partition coefficient (Wildman–Crippen LogP) is 18.4. The van der Waals surface area contributed by atoms with Gasteiger partial charge in [-0.05, 0) is 113 Å². The summed E-state index contributed by atoms with van der Waals surface area (Å²) in [6, 6.07) is 87.7. The van der Waals surface area contributed by atoms with Gasteiger partial charge >= 0.3 is 0 Å². The first kappa shape index (κ1) is 37.1. The van der Waals surface area contributed by atoms with Gasteiger partial charge in [-0.25, -0.2) is 0 Å². The number of thiophene rings is 1. The lowest BCUT2D eigenvalue weighted by molar-refractivity contribution is 1.21. The molecule has 14 rings (SSSR count). The Hall–Kier alpha value is -8.30. The Morgan fingerprint density at radius 3 is 1.35 bits per heavy atom. The van der Waals surface area contributed by atoms with Crippen molar-refractivity contribution in [2.45, 2.75) is 0 Å². The van der Waals surface area contributed by atoms with Gasteiger partial charge in [0.25, 0.3) is 0 Å². The van der Waals surface area contributed by atoms with E-state index in [4.69, 9.17) is 0 Å². The van der Waals surface area contributed by atoms with Crippen molar-refractivity contribution in [3.8, 4) is 50.2 Å². The molecule has 0 amide bonds. The molecule has 0 saturated carbocycles. The van der Waals surface area contributed by atoms with E-state index in [-0.39, 0.29) is 0 Å². The average molecular weight is 854 g/mol. The summed E-state index contributed by atoms with van der Waals surface area (Å²) in [4.78, 5) is 0. The lowest BCUT2D eigenvalue weighted by atomic mass is 9.85. The van der Waals surface area contributed by atoms with E-state index < -0.39 is 0 Å². The van der Waals surface area contributed by atoms with E-state index in [2.05, 4.69) is 241 Å². The molecule has 0 fully saturated rings. The third-order valence-electron chi connectivity index (χ3n) is 14.0. The lowest BCUT2D eigenvalue weighted by Gasteiger charge is -2.20. The van der Waals surface area contributed by atoms with Gasteiger partial charge in [0.05, 0.1) is 16.7 Å². The highest BCUT2D eigenvalue weighted by molar-refractivity contribution is 7.26. The summed E-state index contributed by atoms with van der Waals surface area (Å²) in [7, 11) is 0. The SMILES string of the molecule is c1ccc(-c2ccc3c(c2)c2ccccc2n3-c2c3ccccc3c(-c3cccc4sc5ccc(-c6c7ccccc7c(-c7ccccc7)c7ccccc67)cc5c34)c3ccccc23)cc1. The minimum atomic E-state index is 1.20. The molecule has 2 aromatic heterocycles. The smallest absolute Gasteiger partial charge is 0.0619 e. The lowest BCUT2D eigenvalue weighted by Crippen LogP contribution is -1.99. The Labute approximate surface area is 385 Å². The molecule has 0 bridgehead atoms. The summed E-state index contributed by atoms with van der Waals surface area (Å²) >= 11 is 1.89. The monoisotopic (exact) mass is 853 g/mol. The number of nitrogens with zero attached hydrogens (tertiary/aromatic N) is 1. The first-order valence-corrected chi connectivity index (χ1v) is 23.6. The summed E-state index contributed by atoms with van der Waals surface area (Å²) in [6.07, 6.45) is 0. The molecule has 0 spiro atoms. The first-order valence-electron chi connectivity index (χ1n) is 22.8. The highest BCUT2D eigenvalue weighted by Gasteiger charge is 2.23. The number of para-hydroxylation sites is 1. The van der Waals surface area contributed by atoms with Crippen LogP contribution >= 0.6 is 11.3 Å². The van der Waals surface area contributed by atoms with E-state index in [1.165, 1.54) is 135 Å². The van der Waals surface area contributed by atoms with Gasteiger partial charge in [0.15, 0.2) is 0 Å². The maximum Gasteiger partial charge on any atom is 0.0619 e. The second-order valence-electron chi connectivity index (χ2n) is 17.5. The molecule has 0 N–H and O–H groups in total. The predicted molar refractivity (Wildman–Crippen MR) is 285 cm³/mol. The number of benzene rings is 12. The third kappa shape index (κ3) is 5.46. The maximum atomic E-state index is 2.53. The van der Waals surface area contributed by atoms with E-state index in [1.807, 2.05) is 11.3 Å². The van der Waals surface area contributed by atoms with Crippen LogP contribution in [0.5, 0.6) is 0 Å². The molecule has 0 aliphatic heterocycles. The first-order chi connectivity index (χ1) is 32.8. The van der Waals surface area contributed by atoms with Crippen LogP contribution in [0.1, 0.15) is 0 Å². The molecule has 306 valence electrons. The molecule has 0 saturated heterocycles. The fourth-order valence-corrected chi connectivity index (χ4v) is 12.3. The maximum absolute atomic E-state index is 2.53. The van der Waals surface area contributed by atoms with Crippen LogP contribution in [0.25, 0.3) is 135 Å². The molecule has 1 nitrogen and oxygen atoms in total. The summed E-state index contributed by atoms with van der Waals surface area (Å²) in [5.41, 5.74) is 13.6. The van der Waals surface area contributed by atoms with Crippen LogP contribution < -0.4 is 0 Å². The van der Waals surface area contributed by atoms with Crippen molar-refractivity contribution in [3.05, 3.63) is 237 Å². The van der Waals surface area contributed by atoms with Crippen molar-refractivity contribution in [1.82, 2.24) is 4.57 Å². The van der Waals surface area contributed by atoms with Crippen molar-refractivity contribution in [2.75, 3.05) is 0 Å². The number of rotatable bonds is 5. The van der Waals surface area contributed by atoms with Crippen molar-refractivity contribution in [3.63, 3.8) is 0 Å². The van der Waals surface area contributed by atoms with E-state index in [0.717, 1.165) is 0 Å². The van der Waals surface area contributed by atoms with Crippen LogP contribution in [0.15, 0.2) is 237 Å². The van der Waals surface area contributed by atoms with E-state index >= 15 is 0 Å². The van der Waals surface area contributed by atoms with Crippen molar-refractivity contribution >= 4 is 96.4 Å².